The predicted molar refractivity (Wildman–Crippen MR) is 76.6 cm³/mol. The van der Waals surface area contributed by atoms with Gasteiger partial charge in [-0.2, -0.15) is 0 Å². The third-order valence-electron chi connectivity index (χ3n) is 3.37. The molecule has 0 saturated heterocycles. The summed E-state index contributed by atoms with van der Waals surface area (Å²) in [7, 11) is 1.57. The largest absolute Gasteiger partial charge is 0.497 e. The summed E-state index contributed by atoms with van der Waals surface area (Å²) in [6.07, 6.45) is 1.20. The van der Waals surface area contributed by atoms with Crippen molar-refractivity contribution in [2.75, 3.05) is 12.4 Å². The van der Waals surface area contributed by atoms with Gasteiger partial charge in [0.15, 0.2) is 0 Å². The van der Waals surface area contributed by atoms with Gasteiger partial charge in [-0.05, 0) is 38.8 Å². The Morgan fingerprint density at radius 1 is 1.25 bits per heavy atom. The lowest BCUT2D eigenvalue weighted by molar-refractivity contribution is -0.134. The Labute approximate surface area is 118 Å². The van der Waals surface area contributed by atoms with Crippen molar-refractivity contribution in [3.8, 4) is 5.75 Å². The summed E-state index contributed by atoms with van der Waals surface area (Å²) in [5.41, 5.74) is -0.258. The van der Waals surface area contributed by atoms with E-state index >= 15 is 0 Å². The molecule has 0 atom stereocenters. The maximum Gasteiger partial charge on any atom is 0.240 e. The summed E-state index contributed by atoms with van der Waals surface area (Å²) in [6, 6.07) is 7.13. The van der Waals surface area contributed by atoms with Crippen LogP contribution in [0.2, 0.25) is 0 Å². The lowest BCUT2D eigenvalue weighted by Gasteiger charge is -2.17. The number of benzene rings is 1. The Kier molecular flexibility index (Phi) is 3.97. The molecule has 0 bridgehead atoms. The van der Waals surface area contributed by atoms with Crippen LogP contribution in [-0.2, 0) is 9.59 Å². The van der Waals surface area contributed by atoms with E-state index < -0.39 is 5.41 Å². The number of ether oxygens (including phenoxy) is 1. The van der Waals surface area contributed by atoms with Gasteiger partial charge in [0, 0.05) is 17.8 Å². The van der Waals surface area contributed by atoms with Gasteiger partial charge >= 0.3 is 0 Å². The molecule has 2 rings (SSSR count). The smallest absolute Gasteiger partial charge is 0.240 e. The van der Waals surface area contributed by atoms with Crippen LogP contribution >= 0.6 is 0 Å². The zero-order valence-electron chi connectivity index (χ0n) is 12.0. The molecule has 5 heteroatoms. The van der Waals surface area contributed by atoms with Crippen LogP contribution in [0.4, 0.5) is 5.69 Å². The molecule has 0 heterocycles. The lowest BCUT2D eigenvalue weighted by Crippen LogP contribution is -2.42. The molecule has 1 fully saturated rings. The number of nitrogens with one attached hydrogen (secondary N) is 2. The van der Waals surface area contributed by atoms with Gasteiger partial charge in [-0.15, -0.1) is 0 Å². The van der Waals surface area contributed by atoms with Crippen LogP contribution in [0.25, 0.3) is 0 Å². The predicted octanol–water partition coefficient (Wildman–Crippen LogP) is 1.94. The fourth-order valence-electron chi connectivity index (χ4n) is 2.03. The molecular formula is C15H20N2O3. The van der Waals surface area contributed by atoms with Crippen LogP contribution in [0.5, 0.6) is 5.75 Å². The molecule has 0 radical (unpaired) electrons. The van der Waals surface area contributed by atoms with Crippen molar-refractivity contribution in [3.05, 3.63) is 24.3 Å². The molecule has 0 spiro atoms. The Hall–Kier alpha value is -2.04. The molecule has 1 aromatic carbocycles. The first-order valence-corrected chi connectivity index (χ1v) is 6.74. The van der Waals surface area contributed by atoms with Crippen molar-refractivity contribution < 1.29 is 14.3 Å². The molecule has 2 amide bonds. The molecule has 0 aliphatic heterocycles. The van der Waals surface area contributed by atoms with Gasteiger partial charge in [-0.1, -0.05) is 6.07 Å². The second-order valence-electron chi connectivity index (χ2n) is 5.40. The fraction of sp³-hybridized carbons (Fsp3) is 0.467. The minimum Gasteiger partial charge on any atom is -0.497 e. The summed E-state index contributed by atoms with van der Waals surface area (Å²) in [4.78, 5) is 24.4. The molecule has 108 valence electrons. The molecule has 1 aliphatic carbocycles. The first kappa shape index (κ1) is 14.4. The minimum absolute atomic E-state index is 0.0320. The highest BCUT2D eigenvalue weighted by atomic mass is 16.5. The number of anilines is 1. The number of methoxy groups -OCH3 is 1. The van der Waals surface area contributed by atoms with Crippen molar-refractivity contribution in [1.29, 1.82) is 0 Å². The van der Waals surface area contributed by atoms with Crippen LogP contribution in [0, 0.1) is 5.41 Å². The summed E-state index contributed by atoms with van der Waals surface area (Å²) >= 11 is 0. The van der Waals surface area contributed by atoms with Gasteiger partial charge in [0.1, 0.15) is 11.2 Å². The second kappa shape index (κ2) is 5.53. The highest BCUT2D eigenvalue weighted by Crippen LogP contribution is 2.47. The Morgan fingerprint density at radius 3 is 2.50 bits per heavy atom. The highest BCUT2D eigenvalue weighted by Gasteiger charge is 2.56. The molecule has 0 unspecified atom stereocenters. The standard InChI is InChI=1S/C15H20N2O3/c1-10(2)16-13(18)15(7-8-15)14(19)17-11-5-4-6-12(9-11)20-3/h4-6,9-10H,7-8H2,1-3H3,(H,16,18)(H,17,19). The van der Waals surface area contributed by atoms with E-state index in [0.717, 1.165) is 0 Å². The molecule has 0 aromatic heterocycles. The van der Waals surface area contributed by atoms with Crippen LogP contribution in [0.15, 0.2) is 24.3 Å². The molecular weight excluding hydrogens is 256 g/mol. The van der Waals surface area contributed by atoms with Crippen LogP contribution in [0.3, 0.4) is 0 Å². The monoisotopic (exact) mass is 276 g/mol. The number of carbonyl (C=O) groups excluding carboxylic acids is 2. The topological polar surface area (TPSA) is 67.4 Å². The zero-order chi connectivity index (χ0) is 14.8. The SMILES string of the molecule is COc1cccc(NC(=O)C2(C(=O)NC(C)C)CC2)c1. The van der Waals surface area contributed by atoms with E-state index in [9.17, 15) is 9.59 Å². The minimum atomic E-state index is -0.895. The van der Waals surface area contributed by atoms with E-state index in [0.29, 0.717) is 24.3 Å². The van der Waals surface area contributed by atoms with Crippen LogP contribution in [0.1, 0.15) is 26.7 Å². The van der Waals surface area contributed by atoms with Gasteiger partial charge < -0.3 is 15.4 Å². The summed E-state index contributed by atoms with van der Waals surface area (Å²) in [6.45, 7) is 3.77. The third-order valence-corrected chi connectivity index (χ3v) is 3.37. The summed E-state index contributed by atoms with van der Waals surface area (Å²) < 4.78 is 5.11. The lowest BCUT2D eigenvalue weighted by atomic mass is 10.0. The number of hydrogen-bond acceptors (Lipinski definition) is 3. The van der Waals surface area contributed by atoms with E-state index in [1.807, 2.05) is 13.8 Å². The summed E-state index contributed by atoms with van der Waals surface area (Å²) in [5.74, 6) is 0.232. The quantitative estimate of drug-likeness (QED) is 0.808. The average molecular weight is 276 g/mol. The molecule has 1 aromatic rings. The number of carbonyl (C=O) groups is 2. The van der Waals surface area contributed by atoms with Gasteiger partial charge in [0.05, 0.1) is 7.11 Å². The van der Waals surface area contributed by atoms with Crippen LogP contribution < -0.4 is 15.4 Å². The maximum absolute atomic E-state index is 12.3. The van der Waals surface area contributed by atoms with E-state index in [2.05, 4.69) is 10.6 Å². The Morgan fingerprint density at radius 2 is 1.95 bits per heavy atom. The van der Waals surface area contributed by atoms with Crippen molar-refractivity contribution in [3.63, 3.8) is 0 Å². The number of amides is 2. The number of rotatable bonds is 5. The molecule has 1 aliphatic rings. The van der Waals surface area contributed by atoms with E-state index in [4.69, 9.17) is 4.74 Å². The highest BCUT2D eigenvalue weighted by molar-refractivity contribution is 6.13. The first-order chi connectivity index (χ1) is 9.48. The fourth-order valence-corrected chi connectivity index (χ4v) is 2.03. The molecule has 1 saturated carbocycles. The van der Waals surface area contributed by atoms with E-state index in [-0.39, 0.29) is 17.9 Å². The van der Waals surface area contributed by atoms with Gasteiger partial charge in [0.25, 0.3) is 0 Å². The van der Waals surface area contributed by atoms with E-state index in [1.165, 1.54) is 0 Å². The van der Waals surface area contributed by atoms with Gasteiger partial charge in [-0.25, -0.2) is 0 Å². The van der Waals surface area contributed by atoms with Crippen molar-refractivity contribution >= 4 is 17.5 Å². The Bertz CT molecular complexity index is 522. The molecule has 5 nitrogen and oxygen atoms in total. The van der Waals surface area contributed by atoms with Gasteiger partial charge in [-0.3, -0.25) is 9.59 Å². The third kappa shape index (κ3) is 2.92. The average Bonchev–Trinajstić information content (AvgIpc) is 3.19. The van der Waals surface area contributed by atoms with Crippen LogP contribution in [-0.4, -0.2) is 25.0 Å². The molecule has 2 N–H and O–H groups in total. The first-order valence-electron chi connectivity index (χ1n) is 6.74. The zero-order valence-corrected chi connectivity index (χ0v) is 12.0. The summed E-state index contributed by atoms with van der Waals surface area (Å²) in [5, 5.41) is 5.60. The van der Waals surface area contributed by atoms with Crippen molar-refractivity contribution in [2.45, 2.75) is 32.7 Å². The van der Waals surface area contributed by atoms with Crippen molar-refractivity contribution in [2.24, 2.45) is 5.41 Å². The number of hydrogen-bond donors (Lipinski definition) is 2. The Balaban J connectivity index is 2.06. The second-order valence-corrected chi connectivity index (χ2v) is 5.40. The normalized spacial score (nSPS) is 15.6. The van der Waals surface area contributed by atoms with E-state index in [1.54, 1.807) is 31.4 Å². The maximum atomic E-state index is 12.3. The van der Waals surface area contributed by atoms with Crippen molar-refractivity contribution in [1.82, 2.24) is 5.32 Å². The van der Waals surface area contributed by atoms with Gasteiger partial charge in [0.2, 0.25) is 11.8 Å². The molecule has 20 heavy (non-hydrogen) atoms.